The monoisotopic (exact) mass is 279 g/mol. The molecule has 0 bridgehead atoms. The molecule has 0 aromatic heterocycles. The molecule has 1 fully saturated rings. The third-order valence-corrected chi connectivity index (χ3v) is 3.35. The van der Waals surface area contributed by atoms with Crippen molar-refractivity contribution < 1.29 is 14.5 Å². The molecule has 7 nitrogen and oxygen atoms in total. The molecule has 1 heterocycles. The van der Waals surface area contributed by atoms with Gasteiger partial charge in [-0.1, -0.05) is 0 Å². The van der Waals surface area contributed by atoms with Crippen molar-refractivity contribution in [2.75, 3.05) is 25.5 Å². The number of nitro benzene ring substituents is 1. The van der Waals surface area contributed by atoms with Gasteiger partial charge in [-0.15, -0.1) is 0 Å². The van der Waals surface area contributed by atoms with E-state index in [4.69, 9.17) is 10.5 Å². The van der Waals surface area contributed by atoms with Crippen molar-refractivity contribution in [2.24, 2.45) is 5.92 Å². The Labute approximate surface area is 116 Å². The molecule has 2 rings (SSSR count). The molecule has 1 aromatic carbocycles. The predicted molar refractivity (Wildman–Crippen MR) is 73.4 cm³/mol. The lowest BCUT2D eigenvalue weighted by molar-refractivity contribution is -0.383. The van der Waals surface area contributed by atoms with Crippen LogP contribution in [0.4, 0.5) is 11.4 Å². The molecule has 0 radical (unpaired) electrons. The number of hydrogen-bond donors (Lipinski definition) is 2. The number of ether oxygens (including phenoxy) is 1. The van der Waals surface area contributed by atoms with E-state index < -0.39 is 4.92 Å². The van der Waals surface area contributed by atoms with Gasteiger partial charge in [0, 0.05) is 31.4 Å². The lowest BCUT2D eigenvalue weighted by atomic mass is 10.1. The highest BCUT2D eigenvalue weighted by molar-refractivity contribution is 5.95. The normalized spacial score (nSPS) is 17.9. The second kappa shape index (κ2) is 6.33. The van der Waals surface area contributed by atoms with Crippen LogP contribution in [-0.2, 0) is 4.74 Å². The lowest BCUT2D eigenvalue weighted by Crippen LogP contribution is -2.26. The minimum absolute atomic E-state index is 0.0506. The van der Waals surface area contributed by atoms with E-state index in [1.54, 1.807) is 0 Å². The smallest absolute Gasteiger partial charge is 0.292 e. The molecule has 0 spiro atoms. The van der Waals surface area contributed by atoms with E-state index in [1.165, 1.54) is 18.2 Å². The predicted octanol–water partition coefficient (Wildman–Crippen LogP) is 1.33. The molecule has 7 heteroatoms. The van der Waals surface area contributed by atoms with Crippen molar-refractivity contribution in [3.05, 3.63) is 33.9 Å². The molecule has 1 unspecified atom stereocenters. The summed E-state index contributed by atoms with van der Waals surface area (Å²) in [5, 5.41) is 13.5. The van der Waals surface area contributed by atoms with Gasteiger partial charge in [-0.2, -0.15) is 0 Å². The van der Waals surface area contributed by atoms with Crippen molar-refractivity contribution in [2.45, 2.75) is 12.8 Å². The number of nitro groups is 1. The summed E-state index contributed by atoms with van der Waals surface area (Å²) < 4.78 is 5.25. The summed E-state index contributed by atoms with van der Waals surface area (Å²) in [5.74, 6) is 0.156. The van der Waals surface area contributed by atoms with E-state index in [2.05, 4.69) is 5.32 Å². The summed E-state index contributed by atoms with van der Waals surface area (Å²) in [5.41, 5.74) is 5.53. The van der Waals surface area contributed by atoms with Gasteiger partial charge in [-0.25, -0.2) is 0 Å². The summed E-state index contributed by atoms with van der Waals surface area (Å²) in [6.07, 6.45) is 1.87. The number of nitrogens with zero attached hydrogens (tertiary/aromatic N) is 1. The molecule has 108 valence electrons. The van der Waals surface area contributed by atoms with Gasteiger partial charge in [0.1, 0.15) is 5.69 Å². The Morgan fingerprint density at radius 3 is 3.00 bits per heavy atom. The van der Waals surface area contributed by atoms with Crippen molar-refractivity contribution in [1.82, 2.24) is 5.32 Å². The third-order valence-electron chi connectivity index (χ3n) is 3.35. The number of carbonyl (C=O) groups is 1. The van der Waals surface area contributed by atoms with E-state index in [0.29, 0.717) is 12.5 Å². The molecule has 0 saturated carbocycles. The van der Waals surface area contributed by atoms with Crippen LogP contribution in [0.5, 0.6) is 0 Å². The molecule has 1 aliphatic rings. The molecule has 20 heavy (non-hydrogen) atoms. The van der Waals surface area contributed by atoms with E-state index in [-0.39, 0.29) is 22.8 Å². The summed E-state index contributed by atoms with van der Waals surface area (Å²) in [7, 11) is 0. The maximum Gasteiger partial charge on any atom is 0.292 e. The molecule has 1 amide bonds. The molecule has 1 aliphatic heterocycles. The molecule has 1 aromatic rings. The first-order chi connectivity index (χ1) is 9.58. The van der Waals surface area contributed by atoms with E-state index in [9.17, 15) is 14.9 Å². The number of anilines is 1. The summed E-state index contributed by atoms with van der Waals surface area (Å²) in [4.78, 5) is 22.1. The molecule has 3 N–H and O–H groups in total. The number of carbonyl (C=O) groups excluding carboxylic acids is 1. The molecule has 1 atom stereocenters. The molecule has 1 saturated heterocycles. The minimum atomic E-state index is -0.595. The van der Waals surface area contributed by atoms with E-state index in [1.807, 2.05) is 0 Å². The van der Waals surface area contributed by atoms with Crippen LogP contribution in [-0.4, -0.2) is 30.6 Å². The van der Waals surface area contributed by atoms with Crippen LogP contribution in [0.3, 0.4) is 0 Å². The van der Waals surface area contributed by atoms with Crippen LogP contribution in [0.25, 0.3) is 0 Å². The van der Waals surface area contributed by atoms with Gasteiger partial charge in [0.05, 0.1) is 4.92 Å². The van der Waals surface area contributed by atoms with Crippen molar-refractivity contribution in [1.29, 1.82) is 0 Å². The lowest BCUT2D eigenvalue weighted by Gasteiger charge is -2.09. The Morgan fingerprint density at radius 2 is 2.35 bits per heavy atom. The second-order valence-electron chi connectivity index (χ2n) is 4.80. The minimum Gasteiger partial charge on any atom is -0.393 e. The van der Waals surface area contributed by atoms with Gasteiger partial charge < -0.3 is 15.8 Å². The van der Waals surface area contributed by atoms with Crippen LogP contribution in [0.2, 0.25) is 0 Å². The summed E-state index contributed by atoms with van der Waals surface area (Å²) >= 11 is 0. The van der Waals surface area contributed by atoms with Crippen molar-refractivity contribution in [3.63, 3.8) is 0 Å². The largest absolute Gasteiger partial charge is 0.393 e. The fraction of sp³-hybridized carbons (Fsp3) is 0.462. The fourth-order valence-corrected chi connectivity index (χ4v) is 2.15. The standard InChI is InChI=1S/C13H17N3O4/c14-11-2-1-10(7-12(11)16(18)19)13(17)15-5-3-9-4-6-20-8-9/h1-2,7,9H,3-6,8,14H2,(H,15,17). The number of rotatable bonds is 5. The van der Waals surface area contributed by atoms with Gasteiger partial charge >= 0.3 is 0 Å². The van der Waals surface area contributed by atoms with Gasteiger partial charge in [-0.3, -0.25) is 14.9 Å². The van der Waals surface area contributed by atoms with Crippen LogP contribution in [0.15, 0.2) is 18.2 Å². The molecular weight excluding hydrogens is 262 g/mol. The number of nitrogens with one attached hydrogen (secondary N) is 1. The number of hydrogen-bond acceptors (Lipinski definition) is 5. The Hall–Kier alpha value is -2.15. The zero-order chi connectivity index (χ0) is 14.5. The number of amides is 1. The highest BCUT2D eigenvalue weighted by Gasteiger charge is 2.17. The maximum absolute atomic E-state index is 11.9. The Balaban J connectivity index is 1.91. The highest BCUT2D eigenvalue weighted by atomic mass is 16.6. The quantitative estimate of drug-likeness (QED) is 0.480. The maximum atomic E-state index is 11.9. The van der Waals surface area contributed by atoms with Gasteiger partial charge in [-0.05, 0) is 30.9 Å². The van der Waals surface area contributed by atoms with Gasteiger partial charge in [0.15, 0.2) is 0 Å². The van der Waals surface area contributed by atoms with E-state index in [0.717, 1.165) is 26.1 Å². The van der Waals surface area contributed by atoms with Gasteiger partial charge in [0.2, 0.25) is 0 Å². The van der Waals surface area contributed by atoms with Crippen LogP contribution in [0, 0.1) is 16.0 Å². The Morgan fingerprint density at radius 1 is 1.55 bits per heavy atom. The highest BCUT2D eigenvalue weighted by Crippen LogP contribution is 2.22. The van der Waals surface area contributed by atoms with Crippen LogP contribution >= 0.6 is 0 Å². The fourth-order valence-electron chi connectivity index (χ4n) is 2.15. The van der Waals surface area contributed by atoms with E-state index >= 15 is 0 Å². The van der Waals surface area contributed by atoms with Crippen molar-refractivity contribution in [3.8, 4) is 0 Å². The number of nitrogen functional groups attached to an aromatic ring is 1. The van der Waals surface area contributed by atoms with Crippen molar-refractivity contribution >= 4 is 17.3 Å². The first kappa shape index (κ1) is 14.3. The average molecular weight is 279 g/mol. The Bertz CT molecular complexity index is 512. The Kier molecular flexibility index (Phi) is 4.52. The second-order valence-corrected chi connectivity index (χ2v) is 4.80. The van der Waals surface area contributed by atoms with Crippen LogP contribution < -0.4 is 11.1 Å². The van der Waals surface area contributed by atoms with Gasteiger partial charge in [0.25, 0.3) is 11.6 Å². The first-order valence-corrected chi connectivity index (χ1v) is 6.48. The first-order valence-electron chi connectivity index (χ1n) is 6.48. The summed E-state index contributed by atoms with van der Waals surface area (Å²) in [6.45, 7) is 2.05. The third kappa shape index (κ3) is 3.45. The zero-order valence-electron chi connectivity index (χ0n) is 11.0. The average Bonchev–Trinajstić information content (AvgIpc) is 2.92. The number of nitrogens with two attached hydrogens (primary N) is 1. The zero-order valence-corrected chi connectivity index (χ0v) is 11.0. The summed E-state index contributed by atoms with van der Waals surface area (Å²) in [6, 6.07) is 4.05. The number of benzene rings is 1. The molecule has 0 aliphatic carbocycles. The SMILES string of the molecule is Nc1ccc(C(=O)NCCC2CCOC2)cc1[N+](=O)[O-]. The molecular formula is C13H17N3O4. The van der Waals surface area contributed by atoms with Crippen LogP contribution in [0.1, 0.15) is 23.2 Å². The topological polar surface area (TPSA) is 107 Å².